The first-order valence-electron chi connectivity index (χ1n) is 4.14. The predicted molar refractivity (Wildman–Crippen MR) is 65.2 cm³/mol. The summed E-state index contributed by atoms with van der Waals surface area (Å²) < 4.78 is 0. The minimum Gasteiger partial charge on any atom is -0.481 e. The summed E-state index contributed by atoms with van der Waals surface area (Å²) >= 11 is 1.06. The van der Waals surface area contributed by atoms with Crippen molar-refractivity contribution >= 4 is 35.2 Å². The molecule has 0 spiro atoms. The van der Waals surface area contributed by atoms with Crippen molar-refractivity contribution in [3.8, 4) is 0 Å². The third kappa shape index (κ3) is 6.14. The van der Waals surface area contributed by atoms with E-state index in [1.165, 1.54) is 0 Å². The van der Waals surface area contributed by atoms with Gasteiger partial charge in [-0.3, -0.25) is 10.2 Å². The second-order valence-electron chi connectivity index (χ2n) is 2.77. The molecule has 0 atom stereocenters. The summed E-state index contributed by atoms with van der Waals surface area (Å²) in [4.78, 5) is 10.2. The van der Waals surface area contributed by atoms with Gasteiger partial charge in [0, 0.05) is 6.42 Å². The highest BCUT2D eigenvalue weighted by Gasteiger charge is 2.03. The Labute approximate surface area is 98.8 Å². The molecule has 0 aromatic heterocycles. The first-order chi connectivity index (χ1) is 6.68. The molecular formula is C10H12ClNO2S. The third-order valence-corrected chi connectivity index (χ3v) is 2.46. The maximum atomic E-state index is 10.2. The zero-order valence-corrected chi connectivity index (χ0v) is 9.61. The molecule has 15 heavy (non-hydrogen) atoms. The van der Waals surface area contributed by atoms with Crippen molar-refractivity contribution in [3.05, 3.63) is 35.9 Å². The molecule has 0 radical (unpaired) electrons. The fourth-order valence-electron chi connectivity index (χ4n) is 0.981. The van der Waals surface area contributed by atoms with E-state index in [0.717, 1.165) is 17.3 Å². The molecule has 0 aliphatic heterocycles. The van der Waals surface area contributed by atoms with Gasteiger partial charge >= 0.3 is 5.97 Å². The summed E-state index contributed by atoms with van der Waals surface area (Å²) in [5.41, 5.74) is 1.04. The first-order valence-corrected chi connectivity index (χ1v) is 5.13. The molecule has 0 unspecified atom stereocenters. The van der Waals surface area contributed by atoms with Crippen LogP contribution in [0.4, 0.5) is 0 Å². The largest absolute Gasteiger partial charge is 0.481 e. The molecule has 3 nitrogen and oxygen atoms in total. The molecule has 0 aliphatic carbocycles. The topological polar surface area (TPSA) is 61.2 Å². The molecule has 0 bridgehead atoms. The van der Waals surface area contributed by atoms with E-state index < -0.39 is 5.97 Å². The van der Waals surface area contributed by atoms with E-state index in [4.69, 9.17) is 10.5 Å². The van der Waals surface area contributed by atoms with E-state index in [1.54, 1.807) is 0 Å². The third-order valence-electron chi connectivity index (χ3n) is 1.58. The van der Waals surface area contributed by atoms with Gasteiger partial charge in [-0.25, -0.2) is 0 Å². The van der Waals surface area contributed by atoms with Crippen LogP contribution in [0.2, 0.25) is 0 Å². The highest BCUT2D eigenvalue weighted by atomic mass is 35.5. The Morgan fingerprint density at radius 1 is 1.33 bits per heavy atom. The highest BCUT2D eigenvalue weighted by molar-refractivity contribution is 8.14. The number of carboxylic acid groups (broad SMARTS) is 1. The van der Waals surface area contributed by atoms with E-state index in [0.29, 0.717) is 11.5 Å². The number of benzene rings is 1. The summed E-state index contributed by atoms with van der Waals surface area (Å²) in [5, 5.41) is 16.3. The molecule has 0 saturated heterocycles. The maximum Gasteiger partial charge on any atom is 0.313 e. The Morgan fingerprint density at radius 2 is 1.93 bits per heavy atom. The van der Waals surface area contributed by atoms with E-state index >= 15 is 0 Å². The smallest absolute Gasteiger partial charge is 0.313 e. The first kappa shape index (κ1) is 14.0. The van der Waals surface area contributed by atoms with Crippen LogP contribution in [0.3, 0.4) is 0 Å². The number of carboxylic acids is 1. The van der Waals surface area contributed by atoms with Gasteiger partial charge in [-0.2, -0.15) is 0 Å². The lowest BCUT2D eigenvalue weighted by molar-refractivity contribution is -0.133. The second-order valence-corrected chi connectivity index (χ2v) is 3.84. The molecule has 0 heterocycles. The lowest BCUT2D eigenvalue weighted by Gasteiger charge is -2.01. The van der Waals surface area contributed by atoms with Crippen molar-refractivity contribution in [2.24, 2.45) is 0 Å². The van der Waals surface area contributed by atoms with Crippen LogP contribution in [0, 0.1) is 5.41 Å². The van der Waals surface area contributed by atoms with Crippen molar-refractivity contribution < 1.29 is 9.90 Å². The van der Waals surface area contributed by atoms with Gasteiger partial charge in [0.1, 0.15) is 0 Å². The Morgan fingerprint density at radius 3 is 2.47 bits per heavy atom. The summed E-state index contributed by atoms with van der Waals surface area (Å²) in [7, 11) is 0. The summed E-state index contributed by atoms with van der Waals surface area (Å²) in [5.74, 6) is -0.918. The second kappa shape index (κ2) is 7.31. The van der Waals surface area contributed by atoms with E-state index in [-0.39, 0.29) is 18.2 Å². The van der Waals surface area contributed by atoms with Crippen LogP contribution in [0.5, 0.6) is 0 Å². The highest BCUT2D eigenvalue weighted by Crippen LogP contribution is 2.08. The molecule has 1 rings (SSSR count). The monoisotopic (exact) mass is 245 g/mol. The maximum absolute atomic E-state index is 10.2. The summed E-state index contributed by atoms with van der Waals surface area (Å²) in [6.45, 7) is 0. The van der Waals surface area contributed by atoms with Crippen LogP contribution in [0.25, 0.3) is 0 Å². The number of rotatable bonds is 4. The van der Waals surface area contributed by atoms with Crippen molar-refractivity contribution in [2.45, 2.75) is 6.42 Å². The molecule has 0 amide bonds. The predicted octanol–water partition coefficient (Wildman–Crippen LogP) is 2.45. The standard InChI is InChI=1S/C10H11NO2S.ClH/c11-9(14-7-10(12)13)6-8-4-2-1-3-5-8;/h1-5,11H,6-7H2,(H,12,13);1H. The minimum absolute atomic E-state index is 0. The molecule has 82 valence electrons. The number of halogens is 1. The number of carbonyl (C=O) groups is 1. The molecule has 0 saturated carbocycles. The quantitative estimate of drug-likeness (QED) is 0.633. The Hall–Kier alpha value is -1.00. The lowest BCUT2D eigenvalue weighted by atomic mass is 10.2. The van der Waals surface area contributed by atoms with Crippen LogP contribution in [0.1, 0.15) is 5.56 Å². The zero-order valence-electron chi connectivity index (χ0n) is 7.97. The van der Waals surface area contributed by atoms with Crippen LogP contribution in [0.15, 0.2) is 30.3 Å². The lowest BCUT2D eigenvalue weighted by Crippen LogP contribution is -2.04. The van der Waals surface area contributed by atoms with Gasteiger partial charge in [-0.05, 0) is 5.56 Å². The summed E-state index contributed by atoms with van der Waals surface area (Å²) in [6, 6.07) is 9.58. The van der Waals surface area contributed by atoms with Gasteiger partial charge in [0.25, 0.3) is 0 Å². The number of nitrogens with one attached hydrogen (secondary N) is 1. The number of thioether (sulfide) groups is 1. The SMILES string of the molecule is Cl.N=C(Cc1ccccc1)SCC(=O)O. The Kier molecular flexibility index (Phi) is 6.83. The van der Waals surface area contributed by atoms with Crippen LogP contribution in [-0.4, -0.2) is 21.9 Å². The number of hydrogen-bond acceptors (Lipinski definition) is 3. The number of aliphatic carboxylic acids is 1. The van der Waals surface area contributed by atoms with Crippen LogP contribution < -0.4 is 0 Å². The fraction of sp³-hybridized carbons (Fsp3) is 0.200. The minimum atomic E-state index is -0.882. The molecule has 0 aliphatic rings. The average molecular weight is 246 g/mol. The normalized spacial score (nSPS) is 9.07. The van der Waals surface area contributed by atoms with E-state index in [9.17, 15) is 4.79 Å². The van der Waals surface area contributed by atoms with Crippen molar-refractivity contribution in [1.29, 1.82) is 5.41 Å². The van der Waals surface area contributed by atoms with E-state index in [2.05, 4.69) is 0 Å². The Bertz CT molecular complexity index is 329. The molecule has 1 aromatic rings. The van der Waals surface area contributed by atoms with Crippen molar-refractivity contribution in [3.63, 3.8) is 0 Å². The van der Waals surface area contributed by atoms with Gasteiger partial charge < -0.3 is 5.11 Å². The molecular weight excluding hydrogens is 234 g/mol. The zero-order chi connectivity index (χ0) is 10.4. The van der Waals surface area contributed by atoms with Gasteiger partial charge in [-0.1, -0.05) is 42.1 Å². The van der Waals surface area contributed by atoms with Crippen molar-refractivity contribution in [1.82, 2.24) is 0 Å². The number of hydrogen-bond donors (Lipinski definition) is 2. The Balaban J connectivity index is 0.00000196. The van der Waals surface area contributed by atoms with E-state index in [1.807, 2.05) is 30.3 Å². The fourth-order valence-corrected chi connectivity index (χ4v) is 1.55. The summed E-state index contributed by atoms with van der Waals surface area (Å²) in [6.07, 6.45) is 0.513. The van der Waals surface area contributed by atoms with Crippen LogP contribution in [-0.2, 0) is 11.2 Å². The molecule has 1 aromatic carbocycles. The van der Waals surface area contributed by atoms with Crippen molar-refractivity contribution in [2.75, 3.05) is 5.75 Å². The van der Waals surface area contributed by atoms with Gasteiger partial charge in [0.05, 0.1) is 10.8 Å². The van der Waals surface area contributed by atoms with Gasteiger partial charge in [0.2, 0.25) is 0 Å². The van der Waals surface area contributed by atoms with Gasteiger partial charge in [0.15, 0.2) is 0 Å². The van der Waals surface area contributed by atoms with Crippen LogP contribution >= 0.6 is 24.2 Å². The molecule has 2 N–H and O–H groups in total. The van der Waals surface area contributed by atoms with Gasteiger partial charge in [-0.15, -0.1) is 12.4 Å². The molecule has 5 heteroatoms. The molecule has 0 fully saturated rings. The average Bonchev–Trinajstić information content (AvgIpc) is 2.16.